The predicted octanol–water partition coefficient (Wildman–Crippen LogP) is 4.28. The van der Waals surface area contributed by atoms with Gasteiger partial charge in [0, 0.05) is 31.7 Å². The molecule has 1 aliphatic rings. The standard InChI is InChI=1S/C23H27FN4O2/c1-23(2,3)30-22(29)27-14-12-26(13-15-27)21-25-19-10-6-7-11-20(19)28(21)16-17-8-4-5-9-18(17)24/h4-11H,12-16H2,1-3H3. The number of ether oxygens (including phenoxy) is 1. The summed E-state index contributed by atoms with van der Waals surface area (Å²) in [5.74, 6) is 0.569. The zero-order chi connectivity index (χ0) is 21.3. The number of benzene rings is 2. The van der Waals surface area contributed by atoms with E-state index in [4.69, 9.17) is 9.72 Å². The van der Waals surface area contributed by atoms with Crippen molar-refractivity contribution in [3.05, 3.63) is 59.9 Å². The van der Waals surface area contributed by atoms with Gasteiger partial charge in [0.2, 0.25) is 5.95 Å². The van der Waals surface area contributed by atoms with Gasteiger partial charge in [0.1, 0.15) is 11.4 Å². The van der Waals surface area contributed by atoms with Crippen molar-refractivity contribution in [3.8, 4) is 0 Å². The van der Waals surface area contributed by atoms with Gasteiger partial charge in [0.25, 0.3) is 0 Å². The lowest BCUT2D eigenvalue weighted by atomic mass is 10.2. The van der Waals surface area contributed by atoms with Crippen molar-refractivity contribution in [2.75, 3.05) is 31.1 Å². The lowest BCUT2D eigenvalue weighted by Gasteiger charge is -2.36. The molecule has 0 bridgehead atoms. The molecule has 7 heteroatoms. The fourth-order valence-electron chi connectivity index (χ4n) is 3.67. The quantitative estimate of drug-likeness (QED) is 0.647. The van der Waals surface area contributed by atoms with E-state index >= 15 is 0 Å². The van der Waals surface area contributed by atoms with Gasteiger partial charge >= 0.3 is 6.09 Å². The van der Waals surface area contributed by atoms with E-state index in [-0.39, 0.29) is 11.9 Å². The summed E-state index contributed by atoms with van der Waals surface area (Å²) in [5.41, 5.74) is 1.94. The average molecular weight is 410 g/mol. The number of anilines is 1. The molecule has 4 rings (SSSR count). The van der Waals surface area contributed by atoms with Gasteiger partial charge in [-0.15, -0.1) is 0 Å². The molecule has 0 atom stereocenters. The number of imidazole rings is 1. The maximum Gasteiger partial charge on any atom is 0.410 e. The number of carbonyl (C=O) groups excluding carboxylic acids is 1. The summed E-state index contributed by atoms with van der Waals surface area (Å²) in [6, 6.07) is 14.7. The van der Waals surface area contributed by atoms with Crippen LogP contribution in [0.3, 0.4) is 0 Å². The van der Waals surface area contributed by atoms with Crippen LogP contribution in [-0.2, 0) is 11.3 Å². The van der Waals surface area contributed by atoms with E-state index in [0.29, 0.717) is 38.3 Å². The Morgan fingerprint density at radius 1 is 1.03 bits per heavy atom. The molecule has 0 aliphatic carbocycles. The van der Waals surface area contributed by atoms with E-state index in [2.05, 4.69) is 9.47 Å². The van der Waals surface area contributed by atoms with Crippen LogP contribution in [0.1, 0.15) is 26.3 Å². The largest absolute Gasteiger partial charge is 0.444 e. The molecule has 158 valence electrons. The van der Waals surface area contributed by atoms with Crippen LogP contribution in [0.2, 0.25) is 0 Å². The normalized spacial score (nSPS) is 14.9. The van der Waals surface area contributed by atoms with E-state index in [0.717, 1.165) is 17.0 Å². The lowest BCUT2D eigenvalue weighted by Crippen LogP contribution is -2.50. The Morgan fingerprint density at radius 3 is 2.40 bits per heavy atom. The number of carbonyl (C=O) groups is 1. The first-order valence-corrected chi connectivity index (χ1v) is 10.2. The molecule has 0 unspecified atom stereocenters. The zero-order valence-electron chi connectivity index (χ0n) is 17.6. The number of halogens is 1. The second kappa shape index (κ2) is 7.97. The fourth-order valence-corrected chi connectivity index (χ4v) is 3.67. The Balaban J connectivity index is 1.58. The minimum atomic E-state index is -0.512. The van der Waals surface area contributed by atoms with Crippen molar-refractivity contribution in [2.45, 2.75) is 32.9 Å². The van der Waals surface area contributed by atoms with E-state index in [1.807, 2.05) is 51.1 Å². The van der Waals surface area contributed by atoms with Gasteiger partial charge in [0.05, 0.1) is 17.6 Å². The van der Waals surface area contributed by atoms with Crippen LogP contribution in [0.25, 0.3) is 11.0 Å². The zero-order valence-corrected chi connectivity index (χ0v) is 17.6. The lowest BCUT2D eigenvalue weighted by molar-refractivity contribution is 0.0240. The fraction of sp³-hybridized carbons (Fsp3) is 0.391. The monoisotopic (exact) mass is 410 g/mol. The van der Waals surface area contributed by atoms with Crippen molar-refractivity contribution >= 4 is 23.1 Å². The van der Waals surface area contributed by atoms with Crippen molar-refractivity contribution in [1.29, 1.82) is 0 Å². The highest BCUT2D eigenvalue weighted by molar-refractivity contribution is 5.79. The summed E-state index contributed by atoms with van der Waals surface area (Å²) in [4.78, 5) is 21.1. The van der Waals surface area contributed by atoms with Crippen LogP contribution in [0, 0.1) is 5.82 Å². The summed E-state index contributed by atoms with van der Waals surface area (Å²) in [6.45, 7) is 8.38. The SMILES string of the molecule is CC(C)(C)OC(=O)N1CCN(c2nc3ccccc3n2Cc2ccccc2F)CC1. The number of nitrogens with zero attached hydrogens (tertiary/aromatic N) is 4. The molecular formula is C23H27FN4O2. The molecule has 3 aromatic rings. The molecule has 30 heavy (non-hydrogen) atoms. The number of piperazine rings is 1. The Labute approximate surface area is 175 Å². The van der Waals surface area contributed by atoms with Gasteiger partial charge in [-0.2, -0.15) is 0 Å². The molecule has 1 aliphatic heterocycles. The van der Waals surface area contributed by atoms with Gasteiger partial charge in [-0.25, -0.2) is 14.2 Å². The number of hydrogen-bond acceptors (Lipinski definition) is 4. The highest BCUT2D eigenvalue weighted by Gasteiger charge is 2.28. The molecule has 0 radical (unpaired) electrons. The molecule has 2 heterocycles. The highest BCUT2D eigenvalue weighted by Crippen LogP contribution is 2.26. The summed E-state index contributed by atoms with van der Waals surface area (Å²) in [6.07, 6.45) is -0.290. The van der Waals surface area contributed by atoms with E-state index < -0.39 is 5.60 Å². The third-order valence-corrected chi connectivity index (χ3v) is 5.13. The first-order chi connectivity index (χ1) is 14.3. The molecular weight excluding hydrogens is 383 g/mol. The predicted molar refractivity (Wildman–Crippen MR) is 115 cm³/mol. The highest BCUT2D eigenvalue weighted by atomic mass is 19.1. The summed E-state index contributed by atoms with van der Waals surface area (Å²) in [5, 5.41) is 0. The summed E-state index contributed by atoms with van der Waals surface area (Å²) < 4.78 is 21.9. The molecule has 2 aromatic carbocycles. The Bertz CT molecular complexity index is 1050. The van der Waals surface area contributed by atoms with Crippen molar-refractivity contribution < 1.29 is 13.9 Å². The van der Waals surface area contributed by atoms with Crippen LogP contribution in [0.5, 0.6) is 0 Å². The minimum Gasteiger partial charge on any atom is -0.444 e. The number of fused-ring (bicyclic) bond motifs is 1. The number of rotatable bonds is 3. The van der Waals surface area contributed by atoms with Gasteiger partial charge in [-0.3, -0.25) is 0 Å². The van der Waals surface area contributed by atoms with Crippen LogP contribution < -0.4 is 4.90 Å². The summed E-state index contributed by atoms with van der Waals surface area (Å²) >= 11 is 0. The topological polar surface area (TPSA) is 50.6 Å². The van der Waals surface area contributed by atoms with E-state index in [1.165, 1.54) is 6.07 Å². The van der Waals surface area contributed by atoms with Gasteiger partial charge in [-0.1, -0.05) is 30.3 Å². The van der Waals surface area contributed by atoms with E-state index in [9.17, 15) is 9.18 Å². The molecule has 1 amide bonds. The minimum absolute atomic E-state index is 0.226. The van der Waals surface area contributed by atoms with Gasteiger partial charge in [0.15, 0.2) is 0 Å². The molecule has 0 spiro atoms. The summed E-state index contributed by atoms with van der Waals surface area (Å²) in [7, 11) is 0. The molecule has 1 aromatic heterocycles. The van der Waals surface area contributed by atoms with Crippen molar-refractivity contribution in [1.82, 2.24) is 14.5 Å². The van der Waals surface area contributed by atoms with Crippen molar-refractivity contribution in [3.63, 3.8) is 0 Å². The van der Waals surface area contributed by atoms with Crippen LogP contribution in [0.4, 0.5) is 15.1 Å². The molecule has 1 fully saturated rings. The van der Waals surface area contributed by atoms with Crippen LogP contribution in [-0.4, -0.2) is 52.3 Å². The van der Waals surface area contributed by atoms with Crippen LogP contribution >= 0.6 is 0 Å². The third kappa shape index (κ3) is 4.25. The number of para-hydroxylation sites is 2. The Morgan fingerprint density at radius 2 is 1.70 bits per heavy atom. The maximum atomic E-state index is 14.3. The maximum absolute atomic E-state index is 14.3. The van der Waals surface area contributed by atoms with Crippen LogP contribution in [0.15, 0.2) is 48.5 Å². The number of hydrogen-bond donors (Lipinski definition) is 0. The smallest absolute Gasteiger partial charge is 0.410 e. The van der Waals surface area contributed by atoms with Gasteiger partial charge < -0.3 is 19.1 Å². The molecule has 0 saturated carbocycles. The second-order valence-corrected chi connectivity index (χ2v) is 8.53. The molecule has 1 saturated heterocycles. The first-order valence-electron chi connectivity index (χ1n) is 10.2. The van der Waals surface area contributed by atoms with E-state index in [1.54, 1.807) is 17.0 Å². The third-order valence-electron chi connectivity index (χ3n) is 5.13. The van der Waals surface area contributed by atoms with Gasteiger partial charge in [-0.05, 0) is 39.0 Å². The second-order valence-electron chi connectivity index (χ2n) is 8.53. The van der Waals surface area contributed by atoms with Crippen molar-refractivity contribution in [2.24, 2.45) is 0 Å². The average Bonchev–Trinajstić information content (AvgIpc) is 3.07. The Hall–Kier alpha value is -3.09. The number of aromatic nitrogens is 2. The first kappa shape index (κ1) is 20.2. The Kier molecular flexibility index (Phi) is 5.37. The molecule has 0 N–H and O–H groups in total. The molecule has 6 nitrogen and oxygen atoms in total. The number of amides is 1.